The lowest BCUT2D eigenvalue weighted by molar-refractivity contribution is -0.384. The van der Waals surface area contributed by atoms with Crippen molar-refractivity contribution >= 4 is 11.4 Å². The van der Waals surface area contributed by atoms with Crippen molar-refractivity contribution < 1.29 is 14.4 Å². The van der Waals surface area contributed by atoms with Crippen LogP contribution in [0.25, 0.3) is 0 Å². The molecule has 1 heterocycles. The Balaban J connectivity index is 2.09. The SMILES string of the molecule is CCOc1cccc(NCC2CCCOC2)c1[N+](=O)[O-]. The number of hydrogen-bond donors (Lipinski definition) is 1. The van der Waals surface area contributed by atoms with Crippen molar-refractivity contribution in [2.24, 2.45) is 5.92 Å². The number of benzene rings is 1. The van der Waals surface area contributed by atoms with Crippen molar-refractivity contribution in [2.45, 2.75) is 19.8 Å². The first kappa shape index (κ1) is 14.6. The molecular weight excluding hydrogens is 260 g/mol. The van der Waals surface area contributed by atoms with Gasteiger partial charge in [0.25, 0.3) is 0 Å². The molecular formula is C14H20N2O4. The van der Waals surface area contributed by atoms with Gasteiger partial charge in [0.1, 0.15) is 5.69 Å². The topological polar surface area (TPSA) is 73.6 Å². The molecule has 6 heteroatoms. The molecule has 1 N–H and O–H groups in total. The van der Waals surface area contributed by atoms with E-state index in [1.54, 1.807) is 18.2 Å². The molecule has 1 atom stereocenters. The largest absolute Gasteiger partial charge is 0.487 e. The fourth-order valence-electron chi connectivity index (χ4n) is 2.35. The van der Waals surface area contributed by atoms with Crippen LogP contribution in [0.1, 0.15) is 19.8 Å². The van der Waals surface area contributed by atoms with Gasteiger partial charge in [0.2, 0.25) is 0 Å². The van der Waals surface area contributed by atoms with Crippen LogP contribution in [-0.2, 0) is 4.74 Å². The summed E-state index contributed by atoms with van der Waals surface area (Å²) in [6.45, 7) is 4.42. The summed E-state index contributed by atoms with van der Waals surface area (Å²) in [7, 11) is 0. The van der Waals surface area contributed by atoms with Gasteiger partial charge in [0.15, 0.2) is 5.75 Å². The first-order valence-electron chi connectivity index (χ1n) is 6.94. The molecule has 1 aliphatic heterocycles. The summed E-state index contributed by atoms with van der Waals surface area (Å²) in [5, 5.41) is 14.4. The number of para-hydroxylation sites is 1. The molecule has 0 amide bonds. The minimum atomic E-state index is -0.398. The number of nitrogens with zero attached hydrogens (tertiary/aromatic N) is 1. The lowest BCUT2D eigenvalue weighted by Crippen LogP contribution is -2.24. The summed E-state index contributed by atoms with van der Waals surface area (Å²) in [5.41, 5.74) is 0.512. The molecule has 0 spiro atoms. The smallest absolute Gasteiger partial charge is 0.333 e. The minimum absolute atomic E-state index is 0.00563. The van der Waals surface area contributed by atoms with E-state index in [1.807, 2.05) is 6.92 Å². The molecule has 0 aliphatic carbocycles. The molecule has 0 bridgehead atoms. The van der Waals surface area contributed by atoms with Crippen molar-refractivity contribution in [3.63, 3.8) is 0 Å². The van der Waals surface area contributed by atoms with Gasteiger partial charge in [-0.2, -0.15) is 0 Å². The quantitative estimate of drug-likeness (QED) is 0.640. The Morgan fingerprint density at radius 1 is 1.55 bits per heavy atom. The third-order valence-electron chi connectivity index (χ3n) is 3.32. The number of rotatable bonds is 6. The summed E-state index contributed by atoms with van der Waals surface area (Å²) in [5.74, 6) is 0.710. The zero-order valence-electron chi connectivity index (χ0n) is 11.6. The summed E-state index contributed by atoms with van der Waals surface area (Å²) in [6, 6.07) is 5.10. The number of anilines is 1. The van der Waals surface area contributed by atoms with Crippen LogP contribution in [0.5, 0.6) is 5.75 Å². The second-order valence-corrected chi connectivity index (χ2v) is 4.81. The first-order chi connectivity index (χ1) is 9.72. The number of nitro benzene ring substituents is 1. The molecule has 1 aromatic rings. The second kappa shape index (κ2) is 7.09. The van der Waals surface area contributed by atoms with E-state index < -0.39 is 4.92 Å². The average Bonchev–Trinajstić information content (AvgIpc) is 2.46. The van der Waals surface area contributed by atoms with Gasteiger partial charge in [-0.3, -0.25) is 10.1 Å². The second-order valence-electron chi connectivity index (χ2n) is 4.81. The van der Waals surface area contributed by atoms with Crippen molar-refractivity contribution in [1.29, 1.82) is 0 Å². The average molecular weight is 280 g/mol. The van der Waals surface area contributed by atoms with E-state index >= 15 is 0 Å². The Bertz CT molecular complexity index is 458. The fourth-order valence-corrected chi connectivity index (χ4v) is 2.35. The van der Waals surface area contributed by atoms with Crippen LogP contribution < -0.4 is 10.1 Å². The maximum atomic E-state index is 11.2. The van der Waals surface area contributed by atoms with Gasteiger partial charge in [-0.1, -0.05) is 6.07 Å². The van der Waals surface area contributed by atoms with E-state index in [2.05, 4.69) is 5.32 Å². The summed E-state index contributed by atoms with van der Waals surface area (Å²) < 4.78 is 10.7. The predicted octanol–water partition coefficient (Wildman–Crippen LogP) is 2.83. The van der Waals surface area contributed by atoms with E-state index in [0.29, 0.717) is 37.1 Å². The zero-order valence-corrected chi connectivity index (χ0v) is 11.6. The maximum absolute atomic E-state index is 11.2. The van der Waals surface area contributed by atoms with Crippen LogP contribution >= 0.6 is 0 Å². The van der Waals surface area contributed by atoms with E-state index in [4.69, 9.17) is 9.47 Å². The lowest BCUT2D eigenvalue weighted by Gasteiger charge is -2.22. The Labute approximate surface area is 118 Å². The van der Waals surface area contributed by atoms with Gasteiger partial charge in [-0.05, 0) is 37.8 Å². The van der Waals surface area contributed by atoms with Crippen LogP contribution in [0.4, 0.5) is 11.4 Å². The van der Waals surface area contributed by atoms with E-state index in [9.17, 15) is 10.1 Å². The Morgan fingerprint density at radius 2 is 2.40 bits per heavy atom. The van der Waals surface area contributed by atoms with E-state index in [0.717, 1.165) is 19.4 Å². The number of nitrogens with one attached hydrogen (secondary N) is 1. The van der Waals surface area contributed by atoms with Gasteiger partial charge >= 0.3 is 5.69 Å². The van der Waals surface area contributed by atoms with Gasteiger partial charge in [-0.25, -0.2) is 0 Å². The molecule has 6 nitrogen and oxygen atoms in total. The maximum Gasteiger partial charge on any atom is 0.333 e. The predicted molar refractivity (Wildman–Crippen MR) is 76.3 cm³/mol. The molecule has 0 radical (unpaired) electrons. The number of ether oxygens (including phenoxy) is 2. The molecule has 0 aromatic heterocycles. The van der Waals surface area contributed by atoms with Gasteiger partial charge < -0.3 is 14.8 Å². The molecule has 1 fully saturated rings. The highest BCUT2D eigenvalue weighted by Crippen LogP contribution is 2.35. The normalized spacial score (nSPS) is 18.6. The summed E-state index contributed by atoms with van der Waals surface area (Å²) in [4.78, 5) is 10.8. The van der Waals surface area contributed by atoms with Gasteiger partial charge in [0, 0.05) is 13.2 Å². The van der Waals surface area contributed by atoms with Crippen LogP contribution in [0.3, 0.4) is 0 Å². The fraction of sp³-hybridized carbons (Fsp3) is 0.571. The highest BCUT2D eigenvalue weighted by Gasteiger charge is 2.22. The third kappa shape index (κ3) is 3.60. The molecule has 1 unspecified atom stereocenters. The molecule has 110 valence electrons. The third-order valence-corrected chi connectivity index (χ3v) is 3.32. The Morgan fingerprint density at radius 3 is 3.05 bits per heavy atom. The number of nitro groups is 1. The summed E-state index contributed by atoms with van der Waals surface area (Å²) in [6.07, 6.45) is 2.14. The standard InChI is InChI=1S/C14H20N2O4/c1-2-20-13-7-3-6-12(14(13)16(17)18)15-9-11-5-4-8-19-10-11/h3,6-7,11,15H,2,4-5,8-10H2,1H3. The number of hydrogen-bond acceptors (Lipinski definition) is 5. The molecule has 1 aliphatic rings. The summed E-state index contributed by atoms with van der Waals surface area (Å²) >= 11 is 0. The van der Waals surface area contributed by atoms with Crippen LogP contribution in [0.15, 0.2) is 18.2 Å². The van der Waals surface area contributed by atoms with Crippen LogP contribution in [-0.4, -0.2) is 31.3 Å². The molecule has 1 aromatic carbocycles. The highest BCUT2D eigenvalue weighted by atomic mass is 16.6. The highest BCUT2D eigenvalue weighted by molar-refractivity contribution is 5.68. The van der Waals surface area contributed by atoms with Gasteiger partial charge in [0.05, 0.1) is 18.1 Å². The van der Waals surface area contributed by atoms with Crippen LogP contribution in [0, 0.1) is 16.0 Å². The first-order valence-corrected chi connectivity index (χ1v) is 6.94. The monoisotopic (exact) mass is 280 g/mol. The van der Waals surface area contributed by atoms with Crippen molar-refractivity contribution in [1.82, 2.24) is 0 Å². The molecule has 20 heavy (non-hydrogen) atoms. The Hall–Kier alpha value is -1.82. The molecule has 2 rings (SSSR count). The molecule has 0 saturated carbocycles. The van der Waals surface area contributed by atoms with E-state index in [-0.39, 0.29) is 5.69 Å². The Kier molecular flexibility index (Phi) is 5.17. The van der Waals surface area contributed by atoms with Gasteiger partial charge in [-0.15, -0.1) is 0 Å². The van der Waals surface area contributed by atoms with Crippen molar-refractivity contribution in [2.75, 3.05) is 31.7 Å². The lowest BCUT2D eigenvalue weighted by atomic mass is 10.0. The van der Waals surface area contributed by atoms with Crippen molar-refractivity contribution in [3.8, 4) is 5.75 Å². The van der Waals surface area contributed by atoms with E-state index in [1.165, 1.54) is 0 Å². The van der Waals surface area contributed by atoms with Crippen LogP contribution in [0.2, 0.25) is 0 Å². The zero-order chi connectivity index (χ0) is 14.4. The van der Waals surface area contributed by atoms with Crippen molar-refractivity contribution in [3.05, 3.63) is 28.3 Å². The molecule has 1 saturated heterocycles. The minimum Gasteiger partial charge on any atom is -0.487 e.